The van der Waals surface area contributed by atoms with Crippen LogP contribution in [0.4, 0.5) is 0 Å². The van der Waals surface area contributed by atoms with Gasteiger partial charge in [0.05, 0.1) is 8.07 Å². The quantitative estimate of drug-likeness (QED) is 0.460. The third kappa shape index (κ3) is 6.78. The smallest absolute Gasteiger partial charge is 0.119 e. The molecule has 0 nitrogen and oxygen atoms in total. The maximum Gasteiger partial charge on any atom is 0.119 e. The summed E-state index contributed by atoms with van der Waals surface area (Å²) >= 11 is 0. The first-order chi connectivity index (χ1) is 10.4. The molecular formula is C20H25BrSi2Zn-. The molecule has 0 amide bonds. The minimum absolute atomic E-state index is 0. The monoisotopic (exact) mass is 464 g/mol. The van der Waals surface area contributed by atoms with Gasteiger partial charge in [0, 0.05) is 19.5 Å². The molecule has 0 aliphatic carbocycles. The molecule has 0 atom stereocenters. The van der Waals surface area contributed by atoms with E-state index in [0.717, 1.165) is 6.04 Å². The van der Waals surface area contributed by atoms with Gasteiger partial charge in [0.2, 0.25) is 0 Å². The van der Waals surface area contributed by atoms with Gasteiger partial charge in [0.25, 0.3) is 0 Å². The summed E-state index contributed by atoms with van der Waals surface area (Å²) < 4.78 is 0. The van der Waals surface area contributed by atoms with Gasteiger partial charge in [-0.1, -0.05) is 97.2 Å². The Morgan fingerprint density at radius 2 is 1.21 bits per heavy atom. The number of rotatable bonds is 5. The molecule has 0 saturated carbocycles. The Kier molecular flexibility index (Phi) is 10.3. The van der Waals surface area contributed by atoms with Crippen molar-refractivity contribution in [1.29, 1.82) is 0 Å². The largest absolute Gasteiger partial charge is 1.00 e. The Hall–Kier alpha value is -0.503. The molecule has 0 bridgehead atoms. The van der Waals surface area contributed by atoms with Crippen molar-refractivity contribution in [2.75, 3.05) is 0 Å². The van der Waals surface area contributed by atoms with Gasteiger partial charge in [0.15, 0.2) is 0 Å². The van der Waals surface area contributed by atoms with Crippen LogP contribution < -0.4 is 27.4 Å². The zero-order valence-corrected chi connectivity index (χ0v) is 21.7. The molecule has 0 N–H and O–H groups in total. The van der Waals surface area contributed by atoms with Crippen molar-refractivity contribution in [1.82, 2.24) is 0 Å². The van der Waals surface area contributed by atoms with Crippen LogP contribution in [0.2, 0.25) is 32.2 Å². The maximum absolute atomic E-state index is 3.45. The summed E-state index contributed by atoms with van der Waals surface area (Å²) in [5.74, 6) is 0. The molecule has 0 fully saturated rings. The minimum Gasteiger partial charge on any atom is -1.00 e. The second kappa shape index (κ2) is 10.5. The third-order valence-electron chi connectivity index (χ3n) is 3.88. The Labute approximate surface area is 172 Å². The first-order valence-electron chi connectivity index (χ1n) is 7.87. The summed E-state index contributed by atoms with van der Waals surface area (Å²) in [6, 6.07) is 23.0. The molecule has 0 spiro atoms. The molecule has 4 heteroatoms. The molecule has 0 heterocycles. The molecule has 24 heavy (non-hydrogen) atoms. The fourth-order valence-corrected chi connectivity index (χ4v) is 6.24. The van der Waals surface area contributed by atoms with Gasteiger partial charge in [0.1, 0.15) is 8.07 Å². The molecule has 123 valence electrons. The van der Waals surface area contributed by atoms with Crippen molar-refractivity contribution in [3.63, 3.8) is 0 Å². The van der Waals surface area contributed by atoms with Crippen LogP contribution in [0.25, 0.3) is 0 Å². The van der Waals surface area contributed by atoms with Crippen molar-refractivity contribution in [3.8, 4) is 0 Å². The van der Waals surface area contributed by atoms with E-state index in [2.05, 4.69) is 104 Å². The summed E-state index contributed by atoms with van der Waals surface area (Å²) in [5, 5.41) is 2.96. The molecule has 2 rings (SSSR count). The molecule has 2 aromatic rings. The second-order valence-corrected chi connectivity index (χ2v) is 16.0. The van der Waals surface area contributed by atoms with E-state index in [1.807, 2.05) is 0 Å². The topological polar surface area (TPSA) is 0 Å². The summed E-state index contributed by atoms with van der Waals surface area (Å²) in [6.07, 6.45) is 2.21. The van der Waals surface area contributed by atoms with Gasteiger partial charge >= 0.3 is 0 Å². The average Bonchev–Trinajstić information content (AvgIpc) is 2.52. The van der Waals surface area contributed by atoms with Crippen LogP contribution in [-0.2, 0) is 19.5 Å². The van der Waals surface area contributed by atoms with E-state index in [4.69, 9.17) is 0 Å². The second-order valence-electron chi connectivity index (χ2n) is 6.99. The number of hydrogen-bond acceptors (Lipinski definition) is 0. The molecule has 1 radical (unpaired) electrons. The number of allylic oxidation sites excluding steroid dienone is 1. The van der Waals surface area contributed by atoms with Gasteiger partial charge in [-0.2, -0.15) is 0 Å². The Morgan fingerprint density at radius 3 is 1.58 bits per heavy atom. The van der Waals surface area contributed by atoms with Crippen LogP contribution in [0.15, 0.2) is 72.5 Å². The van der Waals surface area contributed by atoms with Crippen molar-refractivity contribution < 1.29 is 36.5 Å². The van der Waals surface area contributed by atoms with Gasteiger partial charge in [-0.3, -0.25) is 0 Å². The average molecular weight is 467 g/mol. The van der Waals surface area contributed by atoms with E-state index in [1.165, 1.54) is 10.4 Å². The summed E-state index contributed by atoms with van der Waals surface area (Å²) in [7, 11) is -3.03. The van der Waals surface area contributed by atoms with Crippen LogP contribution in [-0.4, -0.2) is 16.1 Å². The summed E-state index contributed by atoms with van der Waals surface area (Å²) in [4.78, 5) is 0. The SMILES string of the molecule is C[Si](C)(C)[C]=C=CC[Si](C)(c1ccccc1)c1ccccc1.[Br-].[Zn]. The first kappa shape index (κ1) is 23.5. The predicted molar refractivity (Wildman–Crippen MR) is 103 cm³/mol. The number of hydrogen-bond donors (Lipinski definition) is 0. The molecule has 0 aromatic heterocycles. The standard InChI is InChI=1S/C20H25Si2.BrH.Zn/c1-21(2,3)17-11-12-18-22(4,19-13-7-5-8-14-19)20-15-9-6-10-16-20;;/h5-10,12-16H,18H2,1-4H3;1H;/p-1. The van der Waals surface area contributed by atoms with Crippen molar-refractivity contribution >= 4 is 26.5 Å². The summed E-state index contributed by atoms with van der Waals surface area (Å²) in [5.41, 5.74) is 6.79. The van der Waals surface area contributed by atoms with Crippen LogP contribution in [0.3, 0.4) is 0 Å². The zero-order chi connectivity index (χ0) is 16.1. The maximum atomic E-state index is 3.45. The van der Waals surface area contributed by atoms with Gasteiger partial charge in [-0.25, -0.2) is 0 Å². The Morgan fingerprint density at radius 1 is 0.792 bits per heavy atom. The van der Waals surface area contributed by atoms with Crippen molar-refractivity contribution in [2.24, 2.45) is 0 Å². The van der Waals surface area contributed by atoms with Gasteiger partial charge in [-0.05, 0) is 17.8 Å². The molecule has 0 saturated heterocycles. The van der Waals surface area contributed by atoms with Crippen LogP contribution in [0.5, 0.6) is 0 Å². The first-order valence-corrected chi connectivity index (χ1v) is 14.1. The van der Waals surface area contributed by atoms with E-state index in [9.17, 15) is 0 Å². The van der Waals surface area contributed by atoms with E-state index in [-0.39, 0.29) is 36.5 Å². The van der Waals surface area contributed by atoms with Crippen LogP contribution >= 0.6 is 0 Å². The van der Waals surface area contributed by atoms with Gasteiger partial charge in [-0.15, -0.1) is 5.73 Å². The van der Waals surface area contributed by atoms with Crippen LogP contribution in [0, 0.1) is 5.70 Å². The van der Waals surface area contributed by atoms with Gasteiger partial charge < -0.3 is 17.0 Å². The van der Waals surface area contributed by atoms with Crippen molar-refractivity contribution in [3.05, 3.63) is 78.2 Å². The predicted octanol–water partition coefficient (Wildman–Crippen LogP) is 1.27. The van der Waals surface area contributed by atoms with E-state index < -0.39 is 16.1 Å². The van der Waals surface area contributed by atoms with E-state index in [0.29, 0.717) is 0 Å². The van der Waals surface area contributed by atoms with E-state index in [1.54, 1.807) is 0 Å². The number of benzene rings is 2. The summed E-state index contributed by atoms with van der Waals surface area (Å²) in [6.45, 7) is 9.32. The normalized spacial score (nSPS) is 10.7. The molecule has 0 aliphatic rings. The van der Waals surface area contributed by atoms with E-state index >= 15 is 0 Å². The van der Waals surface area contributed by atoms with Crippen molar-refractivity contribution in [2.45, 2.75) is 32.2 Å². The molecule has 2 aromatic carbocycles. The molecular weight excluding hydrogens is 442 g/mol. The molecule has 0 unspecified atom stereocenters. The fraction of sp³-hybridized carbons (Fsp3) is 0.250. The Balaban J connectivity index is 0.00000264. The minimum atomic E-state index is -1.74. The Bertz CT molecular complexity index is 618. The fourth-order valence-electron chi connectivity index (χ4n) is 2.54. The zero-order valence-electron chi connectivity index (χ0n) is 15.1. The van der Waals surface area contributed by atoms with Crippen LogP contribution in [0.1, 0.15) is 0 Å². The number of halogens is 1. The molecule has 0 aliphatic heterocycles. The third-order valence-corrected chi connectivity index (χ3v) is 9.01.